The summed E-state index contributed by atoms with van der Waals surface area (Å²) in [7, 11) is 0. The number of halogens is 2. The van der Waals surface area contributed by atoms with E-state index in [9.17, 15) is 0 Å². The Morgan fingerprint density at radius 2 is 2.05 bits per heavy atom. The summed E-state index contributed by atoms with van der Waals surface area (Å²) in [5, 5.41) is 5.79. The molecule has 1 nitrogen and oxygen atoms in total. The zero-order valence-corrected chi connectivity index (χ0v) is 14.8. The van der Waals surface area contributed by atoms with Crippen LogP contribution in [0.2, 0.25) is 0 Å². The Balaban J connectivity index is 2.16. The molecular weight excluding hydrogens is 386 g/mol. The molecule has 1 unspecified atom stereocenters. The lowest BCUT2D eigenvalue weighted by molar-refractivity contribution is 0.536. The molecule has 1 aromatic heterocycles. The Morgan fingerprint density at radius 3 is 2.68 bits per heavy atom. The Morgan fingerprint density at radius 1 is 1.26 bits per heavy atom. The highest BCUT2D eigenvalue weighted by Gasteiger charge is 2.14. The standard InChI is InChI=1S/C15H17Br2NS/c1-2-7-18-14(15-9-12(16)10-19-15)8-11-5-3-4-6-13(11)17/h3-6,9-10,14,18H,2,7-8H2,1H3. The summed E-state index contributed by atoms with van der Waals surface area (Å²) in [5.74, 6) is 0. The molecule has 1 atom stereocenters. The van der Waals surface area contributed by atoms with Gasteiger partial charge in [0.15, 0.2) is 0 Å². The molecule has 1 N–H and O–H groups in total. The predicted molar refractivity (Wildman–Crippen MR) is 90.9 cm³/mol. The molecule has 0 fully saturated rings. The van der Waals surface area contributed by atoms with Gasteiger partial charge in [0, 0.05) is 25.2 Å². The molecule has 0 aliphatic rings. The maximum atomic E-state index is 3.64. The molecule has 0 aliphatic heterocycles. The van der Waals surface area contributed by atoms with Crippen molar-refractivity contribution in [3.63, 3.8) is 0 Å². The van der Waals surface area contributed by atoms with E-state index in [2.05, 4.69) is 79.8 Å². The van der Waals surface area contributed by atoms with E-state index >= 15 is 0 Å². The van der Waals surface area contributed by atoms with Crippen molar-refractivity contribution in [2.45, 2.75) is 25.8 Å². The maximum Gasteiger partial charge on any atom is 0.0456 e. The van der Waals surface area contributed by atoms with Gasteiger partial charge in [0.2, 0.25) is 0 Å². The van der Waals surface area contributed by atoms with Gasteiger partial charge in [-0.3, -0.25) is 0 Å². The number of rotatable bonds is 6. The predicted octanol–water partition coefficient (Wildman–Crippen LogP) is 5.56. The number of hydrogen-bond acceptors (Lipinski definition) is 2. The molecule has 0 aliphatic carbocycles. The molecule has 1 aromatic carbocycles. The van der Waals surface area contributed by atoms with Crippen LogP contribution in [0, 0.1) is 0 Å². The SMILES string of the molecule is CCCNC(Cc1ccccc1Br)c1cc(Br)cs1. The highest BCUT2D eigenvalue weighted by molar-refractivity contribution is 9.10. The summed E-state index contributed by atoms with van der Waals surface area (Å²) in [6.45, 7) is 3.25. The van der Waals surface area contributed by atoms with E-state index in [1.54, 1.807) is 0 Å². The van der Waals surface area contributed by atoms with Gasteiger partial charge in [-0.1, -0.05) is 41.1 Å². The van der Waals surface area contributed by atoms with Gasteiger partial charge < -0.3 is 5.32 Å². The molecule has 0 spiro atoms. The second-order valence-corrected chi connectivity index (χ2v) is 7.18. The molecule has 19 heavy (non-hydrogen) atoms. The average Bonchev–Trinajstić information content (AvgIpc) is 2.83. The molecule has 0 radical (unpaired) electrons. The molecule has 0 saturated heterocycles. The summed E-state index contributed by atoms with van der Waals surface area (Å²) < 4.78 is 2.36. The first-order chi connectivity index (χ1) is 9.20. The fourth-order valence-corrected chi connectivity index (χ4v) is 3.95. The van der Waals surface area contributed by atoms with Crippen LogP contribution in [0.5, 0.6) is 0 Å². The maximum absolute atomic E-state index is 3.64. The molecule has 4 heteroatoms. The van der Waals surface area contributed by atoms with Gasteiger partial charge in [0.05, 0.1) is 0 Å². The average molecular weight is 403 g/mol. The highest BCUT2D eigenvalue weighted by atomic mass is 79.9. The fraction of sp³-hybridized carbons (Fsp3) is 0.333. The lowest BCUT2D eigenvalue weighted by Gasteiger charge is -2.18. The third kappa shape index (κ3) is 4.42. The first kappa shape index (κ1) is 15.2. The fourth-order valence-electron chi connectivity index (χ4n) is 1.99. The van der Waals surface area contributed by atoms with Crippen molar-refractivity contribution in [2.75, 3.05) is 6.54 Å². The van der Waals surface area contributed by atoms with Crippen molar-refractivity contribution in [2.24, 2.45) is 0 Å². The highest BCUT2D eigenvalue weighted by Crippen LogP contribution is 2.29. The van der Waals surface area contributed by atoms with E-state index in [4.69, 9.17) is 0 Å². The monoisotopic (exact) mass is 401 g/mol. The molecule has 0 bridgehead atoms. The topological polar surface area (TPSA) is 12.0 Å². The number of thiophene rings is 1. The minimum Gasteiger partial charge on any atom is -0.309 e. The van der Waals surface area contributed by atoms with Gasteiger partial charge in [-0.05, 0) is 53.0 Å². The zero-order chi connectivity index (χ0) is 13.7. The molecule has 2 aromatic rings. The molecule has 102 valence electrons. The van der Waals surface area contributed by atoms with Crippen LogP contribution in [0.3, 0.4) is 0 Å². The third-order valence-corrected chi connectivity index (χ3v) is 5.53. The van der Waals surface area contributed by atoms with E-state index in [0.29, 0.717) is 6.04 Å². The van der Waals surface area contributed by atoms with Gasteiger partial charge in [-0.25, -0.2) is 0 Å². The van der Waals surface area contributed by atoms with Crippen LogP contribution in [0.4, 0.5) is 0 Å². The van der Waals surface area contributed by atoms with E-state index in [1.807, 2.05) is 11.3 Å². The molecule has 2 rings (SSSR count). The quantitative estimate of drug-likeness (QED) is 0.667. The van der Waals surface area contributed by atoms with Gasteiger partial charge in [-0.2, -0.15) is 0 Å². The molecule has 0 amide bonds. The number of nitrogens with one attached hydrogen (secondary N) is 1. The third-order valence-electron chi connectivity index (χ3n) is 2.95. The first-order valence-corrected chi connectivity index (χ1v) is 8.88. The van der Waals surface area contributed by atoms with E-state index in [1.165, 1.54) is 19.4 Å². The lowest BCUT2D eigenvalue weighted by Crippen LogP contribution is -2.23. The van der Waals surface area contributed by atoms with Crippen LogP contribution in [0.1, 0.15) is 29.8 Å². The van der Waals surface area contributed by atoms with Gasteiger partial charge >= 0.3 is 0 Å². The summed E-state index contributed by atoms with van der Waals surface area (Å²) in [6.07, 6.45) is 2.16. The van der Waals surface area contributed by atoms with Gasteiger partial charge in [0.1, 0.15) is 0 Å². The van der Waals surface area contributed by atoms with Crippen molar-refractivity contribution >= 4 is 43.2 Å². The van der Waals surface area contributed by atoms with Crippen LogP contribution in [0.15, 0.2) is 44.7 Å². The summed E-state index contributed by atoms with van der Waals surface area (Å²) in [4.78, 5) is 1.39. The summed E-state index contributed by atoms with van der Waals surface area (Å²) in [5.41, 5.74) is 1.35. The second kappa shape index (κ2) is 7.58. The molecule has 0 saturated carbocycles. The van der Waals surface area contributed by atoms with E-state index in [-0.39, 0.29) is 0 Å². The Kier molecular flexibility index (Phi) is 6.07. The summed E-state index contributed by atoms with van der Waals surface area (Å²) >= 11 is 8.99. The number of benzene rings is 1. The summed E-state index contributed by atoms with van der Waals surface area (Å²) in [6, 6.07) is 11.1. The van der Waals surface area contributed by atoms with Crippen molar-refractivity contribution in [3.8, 4) is 0 Å². The zero-order valence-electron chi connectivity index (χ0n) is 10.8. The van der Waals surface area contributed by atoms with Crippen LogP contribution < -0.4 is 5.32 Å². The smallest absolute Gasteiger partial charge is 0.0456 e. The van der Waals surface area contributed by atoms with Gasteiger partial charge in [-0.15, -0.1) is 11.3 Å². The van der Waals surface area contributed by atoms with E-state index in [0.717, 1.165) is 19.4 Å². The van der Waals surface area contributed by atoms with Crippen LogP contribution in [-0.4, -0.2) is 6.54 Å². The van der Waals surface area contributed by atoms with Crippen molar-refractivity contribution in [3.05, 3.63) is 55.1 Å². The largest absolute Gasteiger partial charge is 0.309 e. The van der Waals surface area contributed by atoms with Crippen LogP contribution in [-0.2, 0) is 6.42 Å². The number of hydrogen-bond donors (Lipinski definition) is 1. The second-order valence-electron chi connectivity index (χ2n) is 4.47. The Labute approximate surface area is 135 Å². The Hall–Kier alpha value is -0.160. The molecular formula is C15H17Br2NS. The van der Waals surface area contributed by atoms with E-state index < -0.39 is 0 Å². The first-order valence-electron chi connectivity index (χ1n) is 6.41. The van der Waals surface area contributed by atoms with Crippen LogP contribution >= 0.6 is 43.2 Å². The van der Waals surface area contributed by atoms with Crippen molar-refractivity contribution in [1.82, 2.24) is 5.32 Å². The van der Waals surface area contributed by atoms with Crippen LogP contribution in [0.25, 0.3) is 0 Å². The minimum atomic E-state index is 0.384. The Bertz CT molecular complexity index is 524. The minimum absolute atomic E-state index is 0.384. The molecule has 1 heterocycles. The van der Waals surface area contributed by atoms with Crippen molar-refractivity contribution in [1.29, 1.82) is 0 Å². The lowest BCUT2D eigenvalue weighted by atomic mass is 10.0. The van der Waals surface area contributed by atoms with Crippen molar-refractivity contribution < 1.29 is 0 Å². The normalized spacial score (nSPS) is 12.6. The van der Waals surface area contributed by atoms with Gasteiger partial charge in [0.25, 0.3) is 0 Å².